The second-order valence-electron chi connectivity index (χ2n) is 12.9. The summed E-state index contributed by atoms with van der Waals surface area (Å²) in [6.07, 6.45) is 0. The fourth-order valence-corrected chi connectivity index (χ4v) is 8.09. The van der Waals surface area contributed by atoms with Gasteiger partial charge in [-0.1, -0.05) is 159 Å². The van der Waals surface area contributed by atoms with E-state index in [-0.39, 0.29) is 5.41 Å². The molecule has 0 radical (unpaired) electrons. The van der Waals surface area contributed by atoms with E-state index < -0.39 is 5.41 Å². The molecule has 7 aromatic carbocycles. The molecule has 214 valence electrons. The molecule has 0 fully saturated rings. The predicted molar refractivity (Wildman–Crippen MR) is 185 cm³/mol. The third-order valence-corrected chi connectivity index (χ3v) is 10.2. The molecule has 1 heteroatoms. The van der Waals surface area contributed by atoms with Crippen molar-refractivity contribution in [3.05, 3.63) is 191 Å². The van der Waals surface area contributed by atoms with Crippen LogP contribution in [0.5, 0.6) is 11.5 Å². The summed E-state index contributed by atoms with van der Waals surface area (Å²) in [6.45, 7) is 4.57. The molecule has 9 rings (SSSR count). The highest BCUT2D eigenvalue weighted by Gasteiger charge is 2.47. The molecule has 0 aromatic heterocycles. The summed E-state index contributed by atoms with van der Waals surface area (Å²) in [6, 6.07) is 57.8. The van der Waals surface area contributed by atoms with E-state index in [1.807, 2.05) is 6.07 Å². The van der Waals surface area contributed by atoms with Crippen LogP contribution in [-0.4, -0.2) is 0 Å². The number of fused-ring (bicyclic) bond motifs is 7. The SMILES string of the molecule is CC1(C)c2ccccc2Oc2cc(-c3ccc(C4(c5ccccc5)c5ccccc5-c5ccc6ccccc6c54)cc3)ccc21. The fraction of sp³-hybridized carbons (Fsp3) is 0.0909. The van der Waals surface area contributed by atoms with Gasteiger partial charge in [-0.3, -0.25) is 0 Å². The van der Waals surface area contributed by atoms with Crippen molar-refractivity contribution < 1.29 is 4.74 Å². The van der Waals surface area contributed by atoms with E-state index in [0.29, 0.717) is 0 Å². The summed E-state index contributed by atoms with van der Waals surface area (Å²) < 4.78 is 6.47. The van der Waals surface area contributed by atoms with E-state index in [1.54, 1.807) is 0 Å². The molecule has 0 saturated heterocycles. The van der Waals surface area contributed by atoms with Crippen LogP contribution in [-0.2, 0) is 10.8 Å². The minimum Gasteiger partial charge on any atom is -0.457 e. The van der Waals surface area contributed by atoms with Crippen molar-refractivity contribution in [2.45, 2.75) is 24.7 Å². The zero-order valence-electron chi connectivity index (χ0n) is 25.4. The molecular formula is C44H32O. The second kappa shape index (κ2) is 9.55. The van der Waals surface area contributed by atoms with Gasteiger partial charge in [0.15, 0.2) is 0 Å². The number of benzene rings is 7. The molecule has 2 aliphatic rings. The smallest absolute Gasteiger partial charge is 0.132 e. The molecule has 0 saturated carbocycles. The van der Waals surface area contributed by atoms with Crippen molar-refractivity contribution in [3.8, 4) is 33.8 Å². The summed E-state index contributed by atoms with van der Waals surface area (Å²) in [7, 11) is 0. The lowest BCUT2D eigenvalue weighted by atomic mass is 9.66. The van der Waals surface area contributed by atoms with Crippen LogP contribution in [0, 0.1) is 0 Å². The first kappa shape index (κ1) is 26.0. The number of hydrogen-bond donors (Lipinski definition) is 0. The van der Waals surface area contributed by atoms with Crippen LogP contribution in [0.25, 0.3) is 33.0 Å². The Bertz CT molecular complexity index is 2260. The Morgan fingerprint density at radius 3 is 1.93 bits per heavy atom. The van der Waals surface area contributed by atoms with Crippen molar-refractivity contribution >= 4 is 10.8 Å². The van der Waals surface area contributed by atoms with E-state index in [9.17, 15) is 0 Å². The van der Waals surface area contributed by atoms with Gasteiger partial charge in [-0.2, -0.15) is 0 Å². The first-order valence-electron chi connectivity index (χ1n) is 15.8. The molecule has 1 aliphatic carbocycles. The molecule has 7 aromatic rings. The Balaban J connectivity index is 1.23. The maximum atomic E-state index is 6.47. The Labute approximate surface area is 264 Å². The summed E-state index contributed by atoms with van der Waals surface area (Å²) in [4.78, 5) is 0. The highest BCUT2D eigenvalue weighted by Crippen LogP contribution is 2.58. The quantitative estimate of drug-likeness (QED) is 0.203. The van der Waals surface area contributed by atoms with Gasteiger partial charge in [-0.15, -0.1) is 0 Å². The molecule has 0 N–H and O–H groups in total. The molecule has 0 spiro atoms. The molecule has 1 heterocycles. The van der Waals surface area contributed by atoms with Crippen molar-refractivity contribution in [3.63, 3.8) is 0 Å². The maximum absolute atomic E-state index is 6.47. The Kier molecular flexibility index (Phi) is 5.53. The van der Waals surface area contributed by atoms with E-state index in [1.165, 1.54) is 60.8 Å². The van der Waals surface area contributed by atoms with Crippen molar-refractivity contribution in [1.29, 1.82) is 0 Å². The predicted octanol–water partition coefficient (Wildman–Crippen LogP) is 11.3. The van der Waals surface area contributed by atoms with Gasteiger partial charge in [0, 0.05) is 16.5 Å². The van der Waals surface area contributed by atoms with Crippen LogP contribution in [0.1, 0.15) is 47.2 Å². The van der Waals surface area contributed by atoms with E-state index in [2.05, 4.69) is 166 Å². The molecule has 0 amide bonds. The second-order valence-corrected chi connectivity index (χ2v) is 12.9. The number of para-hydroxylation sites is 1. The molecule has 1 atom stereocenters. The van der Waals surface area contributed by atoms with Crippen LogP contribution in [0.15, 0.2) is 158 Å². The van der Waals surface area contributed by atoms with Gasteiger partial charge in [0.2, 0.25) is 0 Å². The van der Waals surface area contributed by atoms with Gasteiger partial charge in [0.1, 0.15) is 11.5 Å². The third kappa shape index (κ3) is 3.61. The first-order chi connectivity index (χ1) is 22.1. The molecular weight excluding hydrogens is 544 g/mol. The van der Waals surface area contributed by atoms with E-state index >= 15 is 0 Å². The van der Waals surface area contributed by atoms with Crippen molar-refractivity contribution in [2.24, 2.45) is 0 Å². The summed E-state index contributed by atoms with van der Waals surface area (Å²) in [5.41, 5.74) is 12.1. The average Bonchev–Trinajstić information content (AvgIpc) is 3.40. The van der Waals surface area contributed by atoms with Crippen LogP contribution >= 0.6 is 0 Å². The van der Waals surface area contributed by atoms with Gasteiger partial charge >= 0.3 is 0 Å². The Morgan fingerprint density at radius 2 is 1.09 bits per heavy atom. The lowest BCUT2D eigenvalue weighted by Crippen LogP contribution is -2.28. The van der Waals surface area contributed by atoms with E-state index in [4.69, 9.17) is 4.74 Å². The number of ether oxygens (including phenoxy) is 1. The zero-order valence-corrected chi connectivity index (χ0v) is 25.4. The highest BCUT2D eigenvalue weighted by molar-refractivity contribution is 6.00. The standard InChI is InChI=1S/C44H32O/c1-43(2)38-18-10-11-19-40(38)45-41-28-31(23-27-39(41)43)29-20-24-33(25-21-29)44(32-13-4-3-5-14-32)37-17-9-8-16-35(37)36-26-22-30-12-6-7-15-34(30)42(36)44/h3-28H,1-2H3. The fourth-order valence-electron chi connectivity index (χ4n) is 8.09. The van der Waals surface area contributed by atoms with Crippen LogP contribution < -0.4 is 4.74 Å². The largest absolute Gasteiger partial charge is 0.457 e. The molecule has 1 unspecified atom stereocenters. The van der Waals surface area contributed by atoms with Crippen LogP contribution in [0.4, 0.5) is 0 Å². The van der Waals surface area contributed by atoms with Crippen LogP contribution in [0.2, 0.25) is 0 Å². The lowest BCUT2D eigenvalue weighted by Gasteiger charge is -2.35. The molecule has 45 heavy (non-hydrogen) atoms. The average molecular weight is 577 g/mol. The topological polar surface area (TPSA) is 9.23 Å². The Morgan fingerprint density at radius 1 is 0.444 bits per heavy atom. The summed E-state index contributed by atoms with van der Waals surface area (Å²) in [5, 5.41) is 2.56. The highest BCUT2D eigenvalue weighted by atomic mass is 16.5. The van der Waals surface area contributed by atoms with E-state index in [0.717, 1.165) is 17.1 Å². The van der Waals surface area contributed by atoms with Crippen LogP contribution in [0.3, 0.4) is 0 Å². The van der Waals surface area contributed by atoms with Gasteiger partial charge < -0.3 is 4.74 Å². The van der Waals surface area contributed by atoms with Gasteiger partial charge in [-0.05, 0) is 67.4 Å². The monoisotopic (exact) mass is 576 g/mol. The third-order valence-electron chi connectivity index (χ3n) is 10.2. The summed E-state index contributed by atoms with van der Waals surface area (Å²) >= 11 is 0. The zero-order chi connectivity index (χ0) is 30.2. The van der Waals surface area contributed by atoms with Crippen molar-refractivity contribution in [1.82, 2.24) is 0 Å². The normalized spacial score (nSPS) is 17.1. The van der Waals surface area contributed by atoms with Gasteiger partial charge in [0.05, 0.1) is 5.41 Å². The first-order valence-corrected chi connectivity index (χ1v) is 15.8. The lowest BCUT2D eigenvalue weighted by molar-refractivity contribution is 0.418. The maximum Gasteiger partial charge on any atom is 0.132 e. The van der Waals surface area contributed by atoms with Gasteiger partial charge in [0.25, 0.3) is 0 Å². The minimum absolute atomic E-state index is 0.124. The van der Waals surface area contributed by atoms with Gasteiger partial charge in [-0.25, -0.2) is 0 Å². The molecule has 0 bridgehead atoms. The van der Waals surface area contributed by atoms with Crippen molar-refractivity contribution in [2.75, 3.05) is 0 Å². The number of rotatable bonds is 3. The number of hydrogen-bond acceptors (Lipinski definition) is 1. The Hall–Kier alpha value is -5.40. The summed E-state index contributed by atoms with van der Waals surface area (Å²) in [5.74, 6) is 1.88. The molecule has 1 nitrogen and oxygen atoms in total. The molecule has 1 aliphatic heterocycles. The minimum atomic E-state index is -0.445.